The Hall–Kier alpha value is -3.96. The van der Waals surface area contributed by atoms with E-state index in [-0.39, 0.29) is 35.8 Å². The van der Waals surface area contributed by atoms with E-state index >= 15 is 0 Å². The Kier molecular flexibility index (Phi) is 7.72. The molecule has 9 heteroatoms. The summed E-state index contributed by atoms with van der Waals surface area (Å²) in [4.78, 5) is 30.9. The lowest BCUT2D eigenvalue weighted by molar-refractivity contribution is 0.0856. The topological polar surface area (TPSA) is 75.8 Å². The summed E-state index contributed by atoms with van der Waals surface area (Å²) in [5, 5.41) is 9.16. The molecule has 0 saturated carbocycles. The number of hydrogen-bond donors (Lipinski definition) is 0. The highest BCUT2D eigenvalue weighted by Crippen LogP contribution is 2.34. The van der Waals surface area contributed by atoms with Crippen LogP contribution in [0.3, 0.4) is 0 Å². The lowest BCUT2D eigenvalue weighted by atomic mass is 9.95. The fourth-order valence-corrected chi connectivity index (χ4v) is 3.99. The molecule has 0 radical (unpaired) electrons. The van der Waals surface area contributed by atoms with Gasteiger partial charge >= 0.3 is 0 Å². The number of carbonyl (C=O) groups excluding carboxylic acids is 2. The average Bonchev–Trinajstić information content (AvgIpc) is 3.12. The molecular formula is C26H19ClF3N3O2. The third-order valence-corrected chi connectivity index (χ3v) is 5.63. The highest BCUT2D eigenvalue weighted by atomic mass is 35.5. The van der Waals surface area contributed by atoms with Gasteiger partial charge in [-0.2, -0.15) is 5.26 Å². The number of fused-ring (bicyclic) bond motifs is 1. The SMILES string of the molecule is Cc1nc2n(C(CC(=O)c3ccc(F)cc3F)C(=O)c3ccccc3)cc(F)cc-2c1CC#N.Cl. The lowest BCUT2D eigenvalue weighted by Crippen LogP contribution is -2.25. The fourth-order valence-electron chi connectivity index (χ4n) is 3.99. The number of aromatic nitrogens is 2. The first-order chi connectivity index (χ1) is 16.3. The van der Waals surface area contributed by atoms with Crippen LogP contribution in [-0.4, -0.2) is 21.1 Å². The highest BCUT2D eigenvalue weighted by Gasteiger charge is 2.31. The van der Waals surface area contributed by atoms with Crippen LogP contribution in [0.15, 0.2) is 60.8 Å². The maximum atomic E-state index is 14.7. The number of benzene rings is 2. The molecule has 0 N–H and O–H groups in total. The maximum Gasteiger partial charge on any atom is 0.186 e. The molecule has 0 amide bonds. The van der Waals surface area contributed by atoms with Crippen LogP contribution in [0.25, 0.3) is 11.4 Å². The minimum absolute atomic E-state index is 0. The second-order valence-electron chi connectivity index (χ2n) is 7.81. The van der Waals surface area contributed by atoms with Crippen molar-refractivity contribution < 1.29 is 22.8 Å². The van der Waals surface area contributed by atoms with E-state index in [1.807, 2.05) is 6.07 Å². The molecule has 0 fully saturated rings. The van der Waals surface area contributed by atoms with E-state index in [1.165, 1.54) is 10.6 Å². The standard InChI is InChI=1S/C26H18F3N3O2.ClH/c1-15-19(9-10-30)21-11-18(28)14-32(26(21)31-15)23(25(34)16-5-3-2-4-6-16)13-24(33)20-8-7-17(27)12-22(20)29;/h2-8,11-12,14,23H,9,13H2,1H3;1H. The van der Waals surface area contributed by atoms with E-state index in [2.05, 4.69) is 4.98 Å². The van der Waals surface area contributed by atoms with E-state index in [9.17, 15) is 22.8 Å². The van der Waals surface area contributed by atoms with Gasteiger partial charge in [-0.25, -0.2) is 18.2 Å². The summed E-state index contributed by atoms with van der Waals surface area (Å²) in [7, 11) is 0. The van der Waals surface area contributed by atoms with Gasteiger partial charge in [-0.15, -0.1) is 12.4 Å². The first-order valence-electron chi connectivity index (χ1n) is 10.4. The molecule has 0 aromatic heterocycles. The Morgan fingerprint density at radius 1 is 1.06 bits per heavy atom. The van der Waals surface area contributed by atoms with Crippen LogP contribution in [-0.2, 0) is 6.42 Å². The van der Waals surface area contributed by atoms with Gasteiger partial charge in [0.05, 0.1) is 18.1 Å². The molecule has 2 heterocycles. The minimum atomic E-state index is -1.26. The van der Waals surface area contributed by atoms with E-state index in [1.54, 1.807) is 37.3 Å². The number of nitriles is 1. The quantitative estimate of drug-likeness (QED) is 0.298. The number of pyridine rings is 1. The summed E-state index contributed by atoms with van der Waals surface area (Å²) in [6.45, 7) is 1.67. The highest BCUT2D eigenvalue weighted by molar-refractivity contribution is 6.04. The number of carbonyl (C=O) groups is 2. The largest absolute Gasteiger partial charge is 0.318 e. The van der Waals surface area contributed by atoms with E-state index < -0.39 is 41.5 Å². The van der Waals surface area contributed by atoms with Crippen molar-refractivity contribution in [3.63, 3.8) is 0 Å². The molecular weight excluding hydrogens is 479 g/mol. The molecule has 1 atom stereocenters. The zero-order chi connectivity index (χ0) is 24.4. The average molecular weight is 498 g/mol. The number of nitrogens with zero attached hydrogens (tertiary/aromatic N) is 3. The van der Waals surface area contributed by atoms with Crippen LogP contribution in [0.5, 0.6) is 0 Å². The number of hydrogen-bond acceptors (Lipinski definition) is 4. The number of ketones is 2. The van der Waals surface area contributed by atoms with Crippen molar-refractivity contribution in [2.24, 2.45) is 0 Å². The number of halogens is 4. The summed E-state index contributed by atoms with van der Waals surface area (Å²) in [5.41, 5.74) is 1.26. The van der Waals surface area contributed by atoms with E-state index in [0.717, 1.165) is 18.3 Å². The van der Waals surface area contributed by atoms with Crippen LogP contribution in [0.4, 0.5) is 13.2 Å². The van der Waals surface area contributed by atoms with Crippen molar-refractivity contribution in [1.82, 2.24) is 9.55 Å². The van der Waals surface area contributed by atoms with Crippen molar-refractivity contribution in [2.45, 2.75) is 25.8 Å². The summed E-state index contributed by atoms with van der Waals surface area (Å²) in [5.74, 6) is -3.61. The first kappa shape index (κ1) is 25.7. The van der Waals surface area contributed by atoms with E-state index in [4.69, 9.17) is 5.26 Å². The molecule has 5 nitrogen and oxygen atoms in total. The third-order valence-electron chi connectivity index (χ3n) is 5.63. The van der Waals surface area contributed by atoms with Gasteiger partial charge in [0, 0.05) is 35.5 Å². The van der Waals surface area contributed by atoms with Crippen molar-refractivity contribution in [2.75, 3.05) is 0 Å². The molecule has 1 unspecified atom stereocenters. The molecule has 0 saturated heterocycles. The monoisotopic (exact) mass is 497 g/mol. The van der Waals surface area contributed by atoms with Crippen LogP contribution in [0, 0.1) is 35.7 Å². The van der Waals surface area contributed by atoms with Gasteiger partial charge in [-0.05, 0) is 30.7 Å². The molecule has 2 aliphatic rings. The van der Waals surface area contributed by atoms with Crippen molar-refractivity contribution >= 4 is 24.0 Å². The summed E-state index contributed by atoms with van der Waals surface area (Å²) < 4.78 is 43.6. The minimum Gasteiger partial charge on any atom is -0.318 e. The molecule has 35 heavy (non-hydrogen) atoms. The molecule has 0 spiro atoms. The molecule has 2 aliphatic heterocycles. The van der Waals surface area contributed by atoms with Gasteiger partial charge in [0.25, 0.3) is 0 Å². The molecule has 0 bridgehead atoms. The summed E-state index contributed by atoms with van der Waals surface area (Å²) >= 11 is 0. The Morgan fingerprint density at radius 3 is 2.43 bits per heavy atom. The zero-order valence-electron chi connectivity index (χ0n) is 18.5. The summed E-state index contributed by atoms with van der Waals surface area (Å²) in [6, 6.07) is 12.7. The second kappa shape index (κ2) is 10.5. The van der Waals surface area contributed by atoms with Gasteiger partial charge in [0.2, 0.25) is 0 Å². The molecule has 0 aliphatic carbocycles. The van der Waals surface area contributed by atoms with Gasteiger partial charge in [0.15, 0.2) is 11.6 Å². The number of aryl methyl sites for hydroxylation is 1. The second-order valence-corrected chi connectivity index (χ2v) is 7.81. The lowest BCUT2D eigenvalue weighted by Gasteiger charge is -2.22. The Balaban J connectivity index is 0.00000342. The maximum absolute atomic E-state index is 14.7. The molecule has 4 rings (SSSR count). The van der Waals surface area contributed by atoms with Crippen LogP contribution in [0.2, 0.25) is 0 Å². The Bertz CT molecular complexity index is 1410. The van der Waals surface area contributed by atoms with Crippen LogP contribution < -0.4 is 0 Å². The van der Waals surface area contributed by atoms with Crippen molar-refractivity contribution in [3.05, 3.63) is 101 Å². The third kappa shape index (κ3) is 5.10. The first-order valence-corrected chi connectivity index (χ1v) is 10.4. The smallest absolute Gasteiger partial charge is 0.186 e. The van der Waals surface area contributed by atoms with Crippen LogP contribution in [0.1, 0.15) is 44.4 Å². The van der Waals surface area contributed by atoms with Gasteiger partial charge < -0.3 is 4.57 Å². The van der Waals surface area contributed by atoms with Crippen molar-refractivity contribution in [3.8, 4) is 17.5 Å². The van der Waals surface area contributed by atoms with E-state index in [0.29, 0.717) is 22.9 Å². The molecule has 2 aromatic rings. The van der Waals surface area contributed by atoms with Crippen molar-refractivity contribution in [1.29, 1.82) is 5.26 Å². The number of Topliss-reactive ketones (excluding diaryl/α,β-unsaturated/α-hetero) is 2. The van der Waals surface area contributed by atoms with Gasteiger partial charge in [-0.3, -0.25) is 9.59 Å². The predicted octanol–water partition coefficient (Wildman–Crippen LogP) is 5.90. The zero-order valence-corrected chi connectivity index (χ0v) is 19.3. The van der Waals surface area contributed by atoms with Crippen LogP contribution >= 0.6 is 12.4 Å². The molecule has 178 valence electrons. The fraction of sp³-hybridized carbons (Fsp3) is 0.154. The van der Waals surface area contributed by atoms with Gasteiger partial charge in [-0.1, -0.05) is 30.3 Å². The Labute approximate surface area is 205 Å². The molecule has 2 aromatic carbocycles. The number of rotatable bonds is 7. The predicted molar refractivity (Wildman–Crippen MR) is 125 cm³/mol. The summed E-state index contributed by atoms with van der Waals surface area (Å²) in [6.07, 6.45) is 0.534. The Morgan fingerprint density at radius 2 is 1.77 bits per heavy atom. The van der Waals surface area contributed by atoms with Gasteiger partial charge in [0.1, 0.15) is 29.3 Å². The normalized spacial score (nSPS) is 11.5.